The van der Waals surface area contributed by atoms with Gasteiger partial charge in [0, 0.05) is 16.7 Å². The van der Waals surface area contributed by atoms with Crippen molar-refractivity contribution in [3.63, 3.8) is 0 Å². The van der Waals surface area contributed by atoms with Crippen LogP contribution in [0, 0.1) is 0 Å². The Morgan fingerprint density at radius 1 is 1.21 bits per heavy atom. The average Bonchev–Trinajstić information content (AvgIpc) is 2.68. The van der Waals surface area contributed by atoms with Crippen LogP contribution >= 0.6 is 12.6 Å². The molecule has 0 amide bonds. The summed E-state index contributed by atoms with van der Waals surface area (Å²) in [6.07, 6.45) is 4.84. The van der Waals surface area contributed by atoms with E-state index in [4.69, 9.17) is 0 Å². The van der Waals surface area contributed by atoms with Crippen LogP contribution in [0.15, 0.2) is 24.3 Å². The molecule has 1 saturated carbocycles. The van der Waals surface area contributed by atoms with Crippen molar-refractivity contribution in [2.45, 2.75) is 31.1 Å². The molecule has 0 spiro atoms. The maximum Gasteiger partial charge on any atom is 0.119 e. The molecule has 0 unspecified atom stereocenters. The maximum atomic E-state index is 9.83. The van der Waals surface area contributed by atoms with E-state index in [9.17, 15) is 5.11 Å². The Morgan fingerprint density at radius 2 is 1.86 bits per heavy atom. The van der Waals surface area contributed by atoms with Gasteiger partial charge in [-0.3, -0.25) is 0 Å². The van der Waals surface area contributed by atoms with E-state index in [2.05, 4.69) is 12.6 Å². The summed E-state index contributed by atoms with van der Waals surface area (Å²) in [5.74, 6) is 1.27. The van der Waals surface area contributed by atoms with E-state index in [1.165, 1.54) is 12.8 Å². The molecular formula is C12H16OS. The highest BCUT2D eigenvalue weighted by atomic mass is 32.1. The molecule has 1 N–H and O–H groups in total. The van der Waals surface area contributed by atoms with Gasteiger partial charge in [0.15, 0.2) is 0 Å². The number of thiol groups is 1. The summed E-state index contributed by atoms with van der Waals surface area (Å²) in [5, 5.41) is 9.83. The Morgan fingerprint density at radius 3 is 2.43 bits per heavy atom. The van der Waals surface area contributed by atoms with Gasteiger partial charge in [0.2, 0.25) is 0 Å². The van der Waals surface area contributed by atoms with Gasteiger partial charge in [0.1, 0.15) is 5.75 Å². The predicted octanol–water partition coefficient (Wildman–Crippen LogP) is 3.13. The smallest absolute Gasteiger partial charge is 0.119 e. The van der Waals surface area contributed by atoms with Crippen LogP contribution in [0.2, 0.25) is 0 Å². The van der Waals surface area contributed by atoms with Gasteiger partial charge in [0.05, 0.1) is 0 Å². The summed E-state index contributed by atoms with van der Waals surface area (Å²) < 4.78 is 0. The van der Waals surface area contributed by atoms with E-state index in [-0.39, 0.29) is 5.41 Å². The molecule has 1 nitrogen and oxygen atoms in total. The lowest BCUT2D eigenvalue weighted by molar-refractivity contribution is 0.427. The third-order valence-corrected chi connectivity index (χ3v) is 3.94. The zero-order valence-electron chi connectivity index (χ0n) is 8.24. The van der Waals surface area contributed by atoms with Crippen LogP contribution in [0.3, 0.4) is 0 Å². The standard InChI is InChI=1S/C12H16OS/c13-11-6-2-1-5-10(11)12(9-14)7-3-4-8-12/h1-2,5-6,13-14H,3-4,7-9H2. The minimum Gasteiger partial charge on any atom is -0.508 e. The zero-order valence-corrected chi connectivity index (χ0v) is 9.13. The van der Waals surface area contributed by atoms with E-state index >= 15 is 0 Å². The fourth-order valence-corrected chi connectivity index (χ4v) is 2.97. The lowest BCUT2D eigenvalue weighted by Crippen LogP contribution is -2.24. The van der Waals surface area contributed by atoms with Gasteiger partial charge in [-0.2, -0.15) is 12.6 Å². The predicted molar refractivity (Wildman–Crippen MR) is 62.1 cm³/mol. The van der Waals surface area contributed by atoms with Crippen LogP contribution in [0.5, 0.6) is 5.75 Å². The van der Waals surface area contributed by atoms with Gasteiger partial charge in [-0.1, -0.05) is 31.0 Å². The maximum absolute atomic E-state index is 9.83. The van der Waals surface area contributed by atoms with Crippen LogP contribution in [0.1, 0.15) is 31.2 Å². The van der Waals surface area contributed by atoms with Crippen molar-refractivity contribution in [2.75, 3.05) is 5.75 Å². The molecule has 14 heavy (non-hydrogen) atoms. The monoisotopic (exact) mass is 208 g/mol. The van der Waals surface area contributed by atoms with Crippen LogP contribution < -0.4 is 0 Å². The SMILES string of the molecule is Oc1ccccc1C1(CS)CCCC1. The fraction of sp³-hybridized carbons (Fsp3) is 0.500. The summed E-state index contributed by atoms with van der Waals surface area (Å²) in [6.45, 7) is 0. The van der Waals surface area contributed by atoms with Crippen molar-refractivity contribution >= 4 is 12.6 Å². The number of hydrogen-bond acceptors (Lipinski definition) is 2. The van der Waals surface area contributed by atoms with Gasteiger partial charge in [-0.15, -0.1) is 0 Å². The van der Waals surface area contributed by atoms with Crippen molar-refractivity contribution < 1.29 is 5.11 Å². The molecule has 0 bridgehead atoms. The van der Waals surface area contributed by atoms with Gasteiger partial charge in [0.25, 0.3) is 0 Å². The first kappa shape index (κ1) is 9.91. The average molecular weight is 208 g/mol. The van der Waals surface area contributed by atoms with Crippen molar-refractivity contribution in [3.05, 3.63) is 29.8 Å². The Balaban J connectivity index is 2.41. The molecular weight excluding hydrogens is 192 g/mol. The highest BCUT2D eigenvalue weighted by molar-refractivity contribution is 7.80. The van der Waals surface area contributed by atoms with Gasteiger partial charge in [-0.05, 0) is 18.9 Å². The summed E-state index contributed by atoms with van der Waals surface area (Å²) in [5.41, 5.74) is 1.22. The van der Waals surface area contributed by atoms with E-state index < -0.39 is 0 Å². The van der Waals surface area contributed by atoms with Crippen LogP contribution in [0.4, 0.5) is 0 Å². The summed E-state index contributed by atoms with van der Waals surface area (Å²) in [4.78, 5) is 0. The molecule has 0 saturated heterocycles. The first-order chi connectivity index (χ1) is 6.78. The van der Waals surface area contributed by atoms with Crippen molar-refractivity contribution in [3.8, 4) is 5.75 Å². The molecule has 1 aromatic carbocycles. The number of phenolic OH excluding ortho intramolecular Hbond substituents is 1. The quantitative estimate of drug-likeness (QED) is 0.715. The van der Waals surface area contributed by atoms with Crippen molar-refractivity contribution in [1.82, 2.24) is 0 Å². The van der Waals surface area contributed by atoms with Crippen molar-refractivity contribution in [1.29, 1.82) is 0 Å². The van der Waals surface area contributed by atoms with Gasteiger partial charge >= 0.3 is 0 Å². The Bertz CT molecular complexity index is 316. The molecule has 0 heterocycles. The Kier molecular flexibility index (Phi) is 2.73. The molecule has 1 aliphatic carbocycles. The molecule has 76 valence electrons. The zero-order chi connectivity index (χ0) is 10.0. The van der Waals surface area contributed by atoms with E-state index in [1.807, 2.05) is 18.2 Å². The second kappa shape index (κ2) is 3.85. The van der Waals surface area contributed by atoms with E-state index in [0.29, 0.717) is 5.75 Å². The lowest BCUT2D eigenvalue weighted by atomic mass is 9.80. The first-order valence-corrected chi connectivity index (χ1v) is 5.81. The molecule has 0 aliphatic heterocycles. The summed E-state index contributed by atoms with van der Waals surface area (Å²) in [7, 11) is 0. The van der Waals surface area contributed by atoms with Gasteiger partial charge < -0.3 is 5.11 Å². The molecule has 0 radical (unpaired) electrons. The molecule has 2 heteroatoms. The number of para-hydroxylation sites is 1. The number of phenols is 1. The largest absolute Gasteiger partial charge is 0.508 e. The second-order valence-electron chi connectivity index (χ2n) is 4.16. The Hall–Kier alpha value is -0.630. The van der Waals surface area contributed by atoms with E-state index in [0.717, 1.165) is 24.2 Å². The highest BCUT2D eigenvalue weighted by Gasteiger charge is 2.35. The van der Waals surface area contributed by atoms with Crippen LogP contribution in [0.25, 0.3) is 0 Å². The van der Waals surface area contributed by atoms with Crippen molar-refractivity contribution in [2.24, 2.45) is 0 Å². The topological polar surface area (TPSA) is 20.2 Å². The number of hydrogen-bond donors (Lipinski definition) is 2. The van der Waals surface area contributed by atoms with Crippen LogP contribution in [-0.4, -0.2) is 10.9 Å². The van der Waals surface area contributed by atoms with E-state index in [1.54, 1.807) is 6.07 Å². The molecule has 1 fully saturated rings. The first-order valence-electron chi connectivity index (χ1n) is 5.18. The molecule has 0 aromatic heterocycles. The molecule has 1 aliphatic rings. The summed E-state index contributed by atoms with van der Waals surface area (Å²) >= 11 is 4.45. The normalized spacial score (nSPS) is 19.8. The molecule has 1 aromatic rings. The number of benzene rings is 1. The highest BCUT2D eigenvalue weighted by Crippen LogP contribution is 2.44. The fourth-order valence-electron chi connectivity index (χ4n) is 2.49. The minimum atomic E-state index is 0.133. The molecule has 2 rings (SSSR count). The summed E-state index contributed by atoms with van der Waals surface area (Å²) in [6, 6.07) is 7.69. The minimum absolute atomic E-state index is 0.133. The third-order valence-electron chi connectivity index (χ3n) is 3.34. The number of rotatable bonds is 2. The number of aromatic hydroxyl groups is 1. The Labute approximate surface area is 90.6 Å². The van der Waals surface area contributed by atoms with Gasteiger partial charge in [-0.25, -0.2) is 0 Å². The third kappa shape index (κ3) is 1.52. The molecule has 0 atom stereocenters. The lowest BCUT2D eigenvalue weighted by Gasteiger charge is -2.28. The second-order valence-corrected chi connectivity index (χ2v) is 4.48. The van der Waals surface area contributed by atoms with Crippen LogP contribution in [-0.2, 0) is 5.41 Å².